The van der Waals surface area contributed by atoms with Gasteiger partial charge in [-0.1, -0.05) is 24.6 Å². The Morgan fingerprint density at radius 1 is 1.14 bits per heavy atom. The smallest absolute Gasteiger partial charge is 0.165 e. The lowest BCUT2D eigenvalue weighted by Crippen LogP contribution is -2.51. The molecule has 1 unspecified atom stereocenters. The fourth-order valence-corrected chi connectivity index (χ4v) is 5.12. The second kappa shape index (κ2) is 3.83. The number of nitrogens with two attached hydrogens (primary N) is 1. The molecule has 0 saturated heterocycles. The Balaban J connectivity index is 1.97. The van der Waals surface area contributed by atoms with Gasteiger partial charge in [0.25, 0.3) is 0 Å². The first kappa shape index (κ1) is 13.2. The monoisotopic (exact) mass is 285 g/mol. The van der Waals surface area contributed by atoms with Crippen molar-refractivity contribution < 1.29 is 9.47 Å². The Kier molecular flexibility index (Phi) is 2.41. The number of benzene rings is 1. The molecule has 2 fully saturated rings. The molecular weight excluding hydrogens is 262 g/mol. The Labute approximate surface area is 126 Å². The van der Waals surface area contributed by atoms with Gasteiger partial charge in [0, 0.05) is 21.9 Å². The van der Waals surface area contributed by atoms with Crippen molar-refractivity contribution in [1.29, 1.82) is 0 Å². The van der Waals surface area contributed by atoms with E-state index in [-0.39, 0.29) is 16.4 Å². The number of rotatable bonds is 2. The lowest BCUT2D eigenvalue weighted by atomic mass is 9.63. The summed E-state index contributed by atoms with van der Waals surface area (Å²) in [6, 6.07) is 4.14. The molecule has 21 heavy (non-hydrogen) atoms. The van der Waals surface area contributed by atoms with Crippen molar-refractivity contribution in [2.75, 3.05) is 14.2 Å². The predicted octanol–water partition coefficient (Wildman–Crippen LogP) is 3.26. The summed E-state index contributed by atoms with van der Waals surface area (Å²) in [6.45, 7) is 2.22. The van der Waals surface area contributed by atoms with Gasteiger partial charge in [-0.25, -0.2) is 0 Å². The minimum Gasteiger partial charge on any atom is -0.493 e. The van der Waals surface area contributed by atoms with Crippen molar-refractivity contribution in [1.82, 2.24) is 0 Å². The maximum Gasteiger partial charge on any atom is 0.165 e. The van der Waals surface area contributed by atoms with Crippen molar-refractivity contribution in [2.24, 2.45) is 11.1 Å². The van der Waals surface area contributed by atoms with Crippen LogP contribution in [0.15, 0.2) is 18.2 Å². The zero-order valence-electron chi connectivity index (χ0n) is 13.0. The largest absolute Gasteiger partial charge is 0.493 e. The molecule has 3 aliphatic rings. The van der Waals surface area contributed by atoms with Crippen LogP contribution < -0.4 is 15.2 Å². The first-order chi connectivity index (χ1) is 10.0. The average Bonchev–Trinajstić information content (AvgIpc) is 3.18. The molecule has 0 aromatic heterocycles. The maximum absolute atomic E-state index is 6.70. The molecule has 0 bridgehead atoms. The molecule has 3 nitrogen and oxygen atoms in total. The Morgan fingerprint density at radius 2 is 1.95 bits per heavy atom. The van der Waals surface area contributed by atoms with Gasteiger partial charge >= 0.3 is 0 Å². The van der Waals surface area contributed by atoms with Crippen LogP contribution in [0.2, 0.25) is 0 Å². The van der Waals surface area contributed by atoms with Crippen LogP contribution in [0.4, 0.5) is 0 Å². The molecule has 4 rings (SSSR count). The summed E-state index contributed by atoms with van der Waals surface area (Å²) in [5.41, 5.74) is 9.41. The van der Waals surface area contributed by atoms with Gasteiger partial charge in [0.2, 0.25) is 0 Å². The van der Waals surface area contributed by atoms with E-state index in [0.29, 0.717) is 0 Å². The zero-order chi connectivity index (χ0) is 14.9. The van der Waals surface area contributed by atoms with Gasteiger partial charge < -0.3 is 15.2 Å². The third-order valence-electron chi connectivity index (χ3n) is 6.23. The summed E-state index contributed by atoms with van der Waals surface area (Å²) >= 11 is 0. The van der Waals surface area contributed by atoms with Crippen LogP contribution in [0.5, 0.6) is 11.5 Å². The van der Waals surface area contributed by atoms with E-state index in [1.807, 2.05) is 6.07 Å². The first-order valence-electron chi connectivity index (χ1n) is 7.75. The highest BCUT2D eigenvalue weighted by Crippen LogP contribution is 2.78. The molecular formula is C18H23NO2. The fraction of sp³-hybridized carbons (Fsp3) is 0.556. The van der Waals surface area contributed by atoms with Crippen LogP contribution in [0.25, 0.3) is 6.08 Å². The zero-order valence-corrected chi connectivity index (χ0v) is 13.0. The highest BCUT2D eigenvalue weighted by molar-refractivity contribution is 5.73. The Hall–Kier alpha value is -1.48. The molecule has 0 radical (unpaired) electrons. The topological polar surface area (TPSA) is 44.5 Å². The third kappa shape index (κ3) is 1.34. The Morgan fingerprint density at radius 3 is 2.67 bits per heavy atom. The van der Waals surface area contributed by atoms with Crippen LogP contribution in [0.1, 0.15) is 43.7 Å². The summed E-state index contributed by atoms with van der Waals surface area (Å²) in [7, 11) is 3.44. The van der Waals surface area contributed by atoms with Crippen molar-refractivity contribution in [3.05, 3.63) is 29.3 Å². The highest BCUT2D eigenvalue weighted by Gasteiger charge is 2.75. The van der Waals surface area contributed by atoms with Gasteiger partial charge in [-0.3, -0.25) is 0 Å². The van der Waals surface area contributed by atoms with Gasteiger partial charge in [-0.15, -0.1) is 0 Å². The predicted molar refractivity (Wildman–Crippen MR) is 83.8 cm³/mol. The Bertz CT molecular complexity index is 649. The summed E-state index contributed by atoms with van der Waals surface area (Å²) in [5.74, 6) is 1.73. The summed E-state index contributed by atoms with van der Waals surface area (Å²) < 4.78 is 11.3. The normalized spacial score (nSPS) is 39.0. The molecule has 3 heteroatoms. The molecule has 0 heterocycles. The summed E-state index contributed by atoms with van der Waals surface area (Å²) in [4.78, 5) is 0. The van der Waals surface area contributed by atoms with Crippen molar-refractivity contribution in [3.63, 3.8) is 0 Å². The molecule has 1 aromatic rings. The van der Waals surface area contributed by atoms with E-state index in [0.717, 1.165) is 24.3 Å². The molecule has 0 spiro atoms. The number of ether oxygens (including phenoxy) is 2. The van der Waals surface area contributed by atoms with Gasteiger partial charge in [-0.05, 0) is 37.8 Å². The van der Waals surface area contributed by atoms with E-state index in [1.54, 1.807) is 14.2 Å². The third-order valence-corrected chi connectivity index (χ3v) is 6.23. The van der Waals surface area contributed by atoms with E-state index in [9.17, 15) is 0 Å². The standard InChI is InChI=1S/C18H23NO2/c1-16(19)8-4-9-17-11-18(16,17)10-7-12-5-6-13(20-2)15(21-3)14(12)17/h5-7,10H,4,8-9,11,19H2,1-3H3/t16?,17-,18-/m0/s1. The molecule has 3 aliphatic carbocycles. The summed E-state index contributed by atoms with van der Waals surface area (Å²) in [5, 5.41) is 0. The van der Waals surface area contributed by atoms with Crippen LogP contribution in [-0.4, -0.2) is 19.8 Å². The minimum absolute atomic E-state index is 0.102. The molecule has 0 aliphatic heterocycles. The molecule has 0 amide bonds. The lowest BCUT2D eigenvalue weighted by Gasteiger charge is -2.44. The average molecular weight is 285 g/mol. The number of methoxy groups -OCH3 is 2. The lowest BCUT2D eigenvalue weighted by molar-refractivity contribution is 0.209. The van der Waals surface area contributed by atoms with E-state index < -0.39 is 0 Å². The molecule has 112 valence electrons. The second-order valence-electron chi connectivity index (χ2n) is 7.10. The molecule has 2 N–H and O–H groups in total. The second-order valence-corrected chi connectivity index (χ2v) is 7.10. The highest BCUT2D eigenvalue weighted by atomic mass is 16.5. The van der Waals surface area contributed by atoms with E-state index in [2.05, 4.69) is 25.1 Å². The number of hydrogen-bond acceptors (Lipinski definition) is 3. The van der Waals surface area contributed by atoms with Gasteiger partial charge in [-0.2, -0.15) is 0 Å². The quantitative estimate of drug-likeness (QED) is 0.907. The maximum atomic E-state index is 6.70. The van der Waals surface area contributed by atoms with Gasteiger partial charge in [0.05, 0.1) is 14.2 Å². The van der Waals surface area contributed by atoms with Gasteiger partial charge in [0.1, 0.15) is 0 Å². The van der Waals surface area contributed by atoms with Crippen molar-refractivity contribution in [3.8, 4) is 11.5 Å². The molecule has 1 aromatic carbocycles. The van der Waals surface area contributed by atoms with E-state index in [1.165, 1.54) is 24.0 Å². The van der Waals surface area contributed by atoms with E-state index in [4.69, 9.17) is 15.2 Å². The SMILES string of the molecule is COc1ccc2c(c1OC)[C@@]13CCCC(C)(N)[C@]1(C=C2)C3. The fourth-order valence-electron chi connectivity index (χ4n) is 5.12. The summed E-state index contributed by atoms with van der Waals surface area (Å²) in [6.07, 6.45) is 9.23. The molecule has 3 atom stereocenters. The van der Waals surface area contributed by atoms with Crippen LogP contribution in [0.3, 0.4) is 0 Å². The minimum atomic E-state index is -0.131. The molecule has 2 saturated carbocycles. The van der Waals surface area contributed by atoms with Crippen molar-refractivity contribution in [2.45, 2.75) is 43.6 Å². The van der Waals surface area contributed by atoms with E-state index >= 15 is 0 Å². The van der Waals surface area contributed by atoms with Gasteiger partial charge in [0.15, 0.2) is 11.5 Å². The van der Waals surface area contributed by atoms with Crippen LogP contribution in [-0.2, 0) is 5.41 Å². The van der Waals surface area contributed by atoms with Crippen molar-refractivity contribution >= 4 is 6.08 Å². The van der Waals surface area contributed by atoms with Crippen LogP contribution in [0, 0.1) is 5.41 Å². The number of fused-ring (bicyclic) bond motifs is 1. The first-order valence-corrected chi connectivity index (χ1v) is 7.75. The van der Waals surface area contributed by atoms with Crippen LogP contribution >= 0.6 is 0 Å². The number of hydrogen-bond donors (Lipinski definition) is 1.